The van der Waals surface area contributed by atoms with E-state index in [1.807, 2.05) is 19.1 Å². The fourth-order valence-corrected chi connectivity index (χ4v) is 2.42. The predicted molar refractivity (Wildman–Crippen MR) is 69.7 cm³/mol. The average molecular weight is 248 g/mol. The van der Waals surface area contributed by atoms with E-state index in [1.165, 1.54) is 5.56 Å². The van der Waals surface area contributed by atoms with Crippen molar-refractivity contribution in [1.29, 1.82) is 0 Å². The molecule has 0 saturated heterocycles. The molecule has 0 amide bonds. The van der Waals surface area contributed by atoms with Gasteiger partial charge >= 0.3 is 5.97 Å². The molecule has 0 fully saturated rings. The molecule has 0 heterocycles. The van der Waals surface area contributed by atoms with Crippen LogP contribution in [0.1, 0.15) is 49.8 Å². The van der Waals surface area contributed by atoms with Crippen molar-refractivity contribution in [1.82, 2.24) is 0 Å². The first-order chi connectivity index (χ1) is 8.74. The van der Waals surface area contributed by atoms with Crippen LogP contribution < -0.4 is 4.74 Å². The van der Waals surface area contributed by atoms with Gasteiger partial charge in [0.1, 0.15) is 11.9 Å². The monoisotopic (exact) mass is 248 g/mol. The van der Waals surface area contributed by atoms with Crippen LogP contribution in [0.3, 0.4) is 0 Å². The van der Waals surface area contributed by atoms with E-state index in [0.717, 1.165) is 37.0 Å². The minimum absolute atomic E-state index is 0.0706. The van der Waals surface area contributed by atoms with E-state index in [2.05, 4.69) is 6.07 Å². The number of rotatable bonds is 4. The highest BCUT2D eigenvalue weighted by Crippen LogP contribution is 2.34. The molecule has 1 aliphatic rings. The Hall–Kier alpha value is -1.51. The molecule has 3 heteroatoms. The van der Waals surface area contributed by atoms with Crippen LogP contribution >= 0.6 is 0 Å². The number of aryl methyl sites for hydroxylation is 1. The second kappa shape index (κ2) is 5.89. The van der Waals surface area contributed by atoms with Gasteiger partial charge in [0.25, 0.3) is 0 Å². The molecule has 0 saturated carbocycles. The van der Waals surface area contributed by atoms with Crippen LogP contribution in [0.25, 0.3) is 0 Å². The Kier molecular flexibility index (Phi) is 4.24. The summed E-state index contributed by atoms with van der Waals surface area (Å²) < 4.78 is 10.8. The minimum atomic E-state index is -0.0915. The van der Waals surface area contributed by atoms with Gasteiger partial charge in [-0.05, 0) is 48.9 Å². The predicted octanol–water partition coefficient (Wildman–Crippen LogP) is 3.42. The van der Waals surface area contributed by atoms with E-state index in [1.54, 1.807) is 7.11 Å². The lowest BCUT2D eigenvalue weighted by Gasteiger charge is -2.25. The molecule has 0 aromatic heterocycles. The summed E-state index contributed by atoms with van der Waals surface area (Å²) in [7, 11) is 1.67. The van der Waals surface area contributed by atoms with E-state index in [-0.39, 0.29) is 12.1 Å². The third kappa shape index (κ3) is 2.84. The minimum Gasteiger partial charge on any atom is -0.497 e. The van der Waals surface area contributed by atoms with Crippen LogP contribution in [0, 0.1) is 0 Å². The Balaban J connectivity index is 2.15. The number of benzene rings is 1. The summed E-state index contributed by atoms with van der Waals surface area (Å²) in [5, 5.41) is 0. The molecule has 1 aliphatic carbocycles. The van der Waals surface area contributed by atoms with Gasteiger partial charge < -0.3 is 9.47 Å². The molecule has 2 rings (SSSR count). The van der Waals surface area contributed by atoms with Crippen molar-refractivity contribution in [2.75, 3.05) is 7.11 Å². The number of methoxy groups -OCH3 is 1. The molecule has 0 unspecified atom stereocenters. The Labute approximate surface area is 108 Å². The fourth-order valence-electron chi connectivity index (χ4n) is 2.42. The summed E-state index contributed by atoms with van der Waals surface area (Å²) in [6.45, 7) is 1.99. The number of hydrogen-bond acceptors (Lipinski definition) is 3. The number of carbonyl (C=O) groups is 1. The van der Waals surface area contributed by atoms with Crippen LogP contribution in [-0.2, 0) is 16.0 Å². The standard InChI is InChI=1S/C15H20O3/c1-3-5-15(16)18-14-7-4-6-11-10-12(17-2)8-9-13(11)14/h8-10,14H,3-7H2,1-2H3/t14-/m1/s1. The molecule has 3 nitrogen and oxygen atoms in total. The number of esters is 1. The zero-order valence-corrected chi connectivity index (χ0v) is 11.1. The van der Waals surface area contributed by atoms with Crippen LogP contribution in [0.15, 0.2) is 18.2 Å². The Bertz CT molecular complexity index is 426. The van der Waals surface area contributed by atoms with E-state index in [4.69, 9.17) is 9.47 Å². The molecule has 0 spiro atoms. The van der Waals surface area contributed by atoms with Gasteiger partial charge in [-0.15, -0.1) is 0 Å². The summed E-state index contributed by atoms with van der Waals surface area (Å²) in [6, 6.07) is 6.01. The highest BCUT2D eigenvalue weighted by Gasteiger charge is 2.23. The largest absolute Gasteiger partial charge is 0.497 e. The van der Waals surface area contributed by atoms with Crippen LogP contribution in [-0.4, -0.2) is 13.1 Å². The van der Waals surface area contributed by atoms with Gasteiger partial charge in [-0.2, -0.15) is 0 Å². The molecular formula is C15H20O3. The Morgan fingerprint density at radius 1 is 1.44 bits per heavy atom. The second-order valence-electron chi connectivity index (χ2n) is 4.69. The fraction of sp³-hybridized carbons (Fsp3) is 0.533. The lowest BCUT2D eigenvalue weighted by Crippen LogP contribution is -2.16. The molecule has 98 valence electrons. The van der Waals surface area contributed by atoms with Crippen molar-refractivity contribution in [2.24, 2.45) is 0 Å². The highest BCUT2D eigenvalue weighted by molar-refractivity contribution is 5.69. The van der Waals surface area contributed by atoms with E-state index in [0.29, 0.717) is 6.42 Å². The van der Waals surface area contributed by atoms with Gasteiger partial charge in [-0.25, -0.2) is 0 Å². The molecule has 18 heavy (non-hydrogen) atoms. The number of ether oxygens (including phenoxy) is 2. The van der Waals surface area contributed by atoms with Crippen LogP contribution in [0.5, 0.6) is 5.75 Å². The van der Waals surface area contributed by atoms with E-state index in [9.17, 15) is 4.79 Å². The molecule has 0 N–H and O–H groups in total. The van der Waals surface area contributed by atoms with Crippen molar-refractivity contribution in [3.8, 4) is 5.75 Å². The first kappa shape index (κ1) is 12.9. The molecule has 1 atom stereocenters. The maximum Gasteiger partial charge on any atom is 0.306 e. The summed E-state index contributed by atoms with van der Waals surface area (Å²) in [4.78, 5) is 11.6. The molecule has 0 bridgehead atoms. The summed E-state index contributed by atoms with van der Waals surface area (Å²) in [5.41, 5.74) is 2.39. The van der Waals surface area contributed by atoms with E-state index < -0.39 is 0 Å². The molecule has 1 aromatic rings. The van der Waals surface area contributed by atoms with Crippen molar-refractivity contribution in [3.63, 3.8) is 0 Å². The molecule has 0 aliphatic heterocycles. The maximum atomic E-state index is 11.6. The Morgan fingerprint density at radius 2 is 2.28 bits per heavy atom. The van der Waals surface area contributed by atoms with Crippen molar-refractivity contribution in [2.45, 2.75) is 45.1 Å². The number of carbonyl (C=O) groups excluding carboxylic acids is 1. The first-order valence-corrected chi connectivity index (χ1v) is 6.61. The maximum absolute atomic E-state index is 11.6. The van der Waals surface area contributed by atoms with Gasteiger partial charge in [-0.1, -0.05) is 13.0 Å². The van der Waals surface area contributed by atoms with Gasteiger partial charge in [0.2, 0.25) is 0 Å². The topological polar surface area (TPSA) is 35.5 Å². The average Bonchev–Trinajstić information content (AvgIpc) is 2.38. The first-order valence-electron chi connectivity index (χ1n) is 6.61. The van der Waals surface area contributed by atoms with Gasteiger partial charge in [0.05, 0.1) is 7.11 Å². The molecule has 1 aromatic carbocycles. The second-order valence-corrected chi connectivity index (χ2v) is 4.69. The van der Waals surface area contributed by atoms with Crippen molar-refractivity contribution in [3.05, 3.63) is 29.3 Å². The van der Waals surface area contributed by atoms with Crippen LogP contribution in [0.2, 0.25) is 0 Å². The third-order valence-corrected chi connectivity index (χ3v) is 3.34. The lowest BCUT2D eigenvalue weighted by atomic mass is 9.89. The summed E-state index contributed by atoms with van der Waals surface area (Å²) >= 11 is 0. The highest BCUT2D eigenvalue weighted by atomic mass is 16.5. The summed E-state index contributed by atoms with van der Waals surface area (Å²) in [6.07, 6.45) is 4.29. The zero-order valence-electron chi connectivity index (χ0n) is 11.1. The Morgan fingerprint density at radius 3 is 3.00 bits per heavy atom. The van der Waals surface area contributed by atoms with Crippen LogP contribution in [0.4, 0.5) is 0 Å². The van der Waals surface area contributed by atoms with Gasteiger partial charge in [0, 0.05) is 6.42 Å². The normalized spacial score (nSPS) is 18.0. The lowest BCUT2D eigenvalue weighted by molar-refractivity contribution is -0.150. The molecule has 0 radical (unpaired) electrons. The quantitative estimate of drug-likeness (QED) is 0.766. The van der Waals surface area contributed by atoms with Crippen molar-refractivity contribution < 1.29 is 14.3 Å². The number of hydrogen-bond donors (Lipinski definition) is 0. The zero-order chi connectivity index (χ0) is 13.0. The van der Waals surface area contributed by atoms with Gasteiger partial charge in [-0.3, -0.25) is 4.79 Å². The summed E-state index contributed by atoms with van der Waals surface area (Å²) in [5.74, 6) is 0.778. The number of fused-ring (bicyclic) bond motifs is 1. The van der Waals surface area contributed by atoms with Crippen molar-refractivity contribution >= 4 is 5.97 Å². The smallest absolute Gasteiger partial charge is 0.306 e. The SMILES string of the molecule is CCCC(=O)O[C@@H]1CCCc2cc(OC)ccc21. The van der Waals surface area contributed by atoms with E-state index >= 15 is 0 Å². The van der Waals surface area contributed by atoms with Gasteiger partial charge in [0.15, 0.2) is 0 Å². The molecular weight excluding hydrogens is 228 g/mol. The third-order valence-electron chi connectivity index (χ3n) is 3.34.